The highest BCUT2D eigenvalue weighted by Crippen LogP contribution is 2.32. The van der Waals surface area contributed by atoms with Crippen LogP contribution in [0.25, 0.3) is 5.69 Å². The van der Waals surface area contributed by atoms with Gasteiger partial charge in [0.25, 0.3) is 0 Å². The number of nitrogens with zero attached hydrogens (tertiary/aromatic N) is 3. The molecule has 1 heterocycles. The Morgan fingerprint density at radius 1 is 1.26 bits per heavy atom. The fourth-order valence-electron chi connectivity index (χ4n) is 3.47. The number of benzene rings is 1. The first-order chi connectivity index (χ1) is 14.6. The molecule has 2 N–H and O–H groups in total. The lowest BCUT2D eigenvalue weighted by Gasteiger charge is -2.37. The van der Waals surface area contributed by atoms with Gasteiger partial charge < -0.3 is 15.4 Å². The summed E-state index contributed by atoms with van der Waals surface area (Å²) in [5.74, 6) is -0.0237. The van der Waals surface area contributed by atoms with Gasteiger partial charge in [0.2, 0.25) is 5.91 Å². The van der Waals surface area contributed by atoms with E-state index in [2.05, 4.69) is 20.9 Å². The van der Waals surface area contributed by atoms with Crippen molar-refractivity contribution < 1.29 is 14.3 Å². The molecular weight excluding hydrogens is 441 g/mol. The molecule has 0 radical (unpaired) electrons. The quantitative estimate of drug-likeness (QED) is 0.569. The minimum Gasteiger partial charge on any atom is -0.460 e. The smallest absolute Gasteiger partial charge is 0.306 e. The lowest BCUT2D eigenvalue weighted by molar-refractivity contribution is -0.155. The number of rotatable bonds is 8. The average molecular weight is 468 g/mol. The van der Waals surface area contributed by atoms with Gasteiger partial charge in [-0.3, -0.25) is 9.59 Å². The standard InChI is InChI=1S/C21H27Cl2N5O3/c1-21(2,3)31-20(30)9-5-13-4-7-15(13)24-11-19(29)25-16-10-14(22)6-8-17(16)28-12-18(23)26-27-28/h6,8,10,12-13,15,24H,4-5,7,9,11H2,1-3H3,(H,25,29). The number of ether oxygens (including phenoxy) is 1. The Morgan fingerprint density at radius 2 is 2.03 bits per heavy atom. The Labute approximate surface area is 191 Å². The molecule has 1 aromatic carbocycles. The molecule has 10 heteroatoms. The summed E-state index contributed by atoms with van der Waals surface area (Å²) < 4.78 is 6.83. The van der Waals surface area contributed by atoms with E-state index >= 15 is 0 Å². The molecule has 2 aromatic rings. The van der Waals surface area contributed by atoms with Crippen LogP contribution in [0.1, 0.15) is 46.5 Å². The number of nitrogens with one attached hydrogen (secondary N) is 2. The van der Waals surface area contributed by atoms with Gasteiger partial charge in [0.1, 0.15) is 5.60 Å². The van der Waals surface area contributed by atoms with Gasteiger partial charge in [-0.05, 0) is 64.2 Å². The van der Waals surface area contributed by atoms with Gasteiger partial charge in [0.15, 0.2) is 5.15 Å². The number of carbonyl (C=O) groups excluding carboxylic acids is 2. The van der Waals surface area contributed by atoms with Gasteiger partial charge in [-0.15, -0.1) is 5.10 Å². The number of hydrogen-bond donors (Lipinski definition) is 2. The molecule has 0 aliphatic heterocycles. The number of esters is 1. The zero-order valence-electron chi connectivity index (χ0n) is 17.8. The van der Waals surface area contributed by atoms with Crippen LogP contribution in [0, 0.1) is 5.92 Å². The highest BCUT2D eigenvalue weighted by atomic mass is 35.5. The van der Waals surface area contributed by atoms with Crippen molar-refractivity contribution >= 4 is 40.8 Å². The van der Waals surface area contributed by atoms with E-state index in [1.54, 1.807) is 24.4 Å². The molecule has 2 unspecified atom stereocenters. The van der Waals surface area contributed by atoms with E-state index in [4.69, 9.17) is 27.9 Å². The summed E-state index contributed by atoms with van der Waals surface area (Å²) in [6, 6.07) is 5.29. The van der Waals surface area contributed by atoms with Crippen LogP contribution in [0.15, 0.2) is 24.4 Å². The Hall–Kier alpha value is -2.16. The van der Waals surface area contributed by atoms with Crippen LogP contribution in [0.3, 0.4) is 0 Å². The molecule has 2 atom stereocenters. The summed E-state index contributed by atoms with van der Waals surface area (Å²) in [4.78, 5) is 24.4. The Bertz CT molecular complexity index is 941. The molecule has 31 heavy (non-hydrogen) atoms. The minimum absolute atomic E-state index is 0.150. The molecule has 0 spiro atoms. The monoisotopic (exact) mass is 467 g/mol. The van der Waals surface area contributed by atoms with E-state index in [9.17, 15) is 9.59 Å². The highest BCUT2D eigenvalue weighted by Gasteiger charge is 2.31. The van der Waals surface area contributed by atoms with Crippen molar-refractivity contribution in [3.8, 4) is 5.69 Å². The van der Waals surface area contributed by atoms with Crippen LogP contribution in [-0.4, -0.2) is 45.1 Å². The Kier molecular flexibility index (Phi) is 7.56. The number of amides is 1. The van der Waals surface area contributed by atoms with Crippen LogP contribution >= 0.6 is 23.2 Å². The topological polar surface area (TPSA) is 98.1 Å². The molecule has 1 aliphatic carbocycles. The Morgan fingerprint density at radius 3 is 2.65 bits per heavy atom. The summed E-state index contributed by atoms with van der Waals surface area (Å²) in [5, 5.41) is 14.6. The number of hydrogen-bond acceptors (Lipinski definition) is 6. The number of anilines is 1. The predicted octanol–water partition coefficient (Wildman–Crippen LogP) is 4.00. The van der Waals surface area contributed by atoms with Crippen LogP contribution in [0.2, 0.25) is 10.2 Å². The van der Waals surface area contributed by atoms with Crippen molar-refractivity contribution in [1.82, 2.24) is 20.3 Å². The van der Waals surface area contributed by atoms with E-state index < -0.39 is 5.60 Å². The van der Waals surface area contributed by atoms with Crippen molar-refractivity contribution in [2.45, 2.75) is 58.1 Å². The molecule has 1 amide bonds. The zero-order valence-corrected chi connectivity index (χ0v) is 19.3. The summed E-state index contributed by atoms with van der Waals surface area (Å²) in [5.41, 5.74) is 0.649. The minimum atomic E-state index is -0.469. The molecule has 0 bridgehead atoms. The first-order valence-electron chi connectivity index (χ1n) is 10.2. The van der Waals surface area contributed by atoms with Crippen molar-refractivity contribution in [1.29, 1.82) is 0 Å². The van der Waals surface area contributed by atoms with Gasteiger partial charge >= 0.3 is 5.97 Å². The first-order valence-corrected chi connectivity index (χ1v) is 11.0. The molecule has 1 aromatic heterocycles. The van der Waals surface area contributed by atoms with Crippen molar-refractivity contribution in [2.24, 2.45) is 5.92 Å². The van der Waals surface area contributed by atoms with Crippen LogP contribution in [-0.2, 0) is 14.3 Å². The van der Waals surface area contributed by atoms with Crippen molar-refractivity contribution in [3.05, 3.63) is 34.6 Å². The third-order valence-corrected chi connectivity index (χ3v) is 5.43. The third-order valence-electron chi connectivity index (χ3n) is 5.03. The summed E-state index contributed by atoms with van der Waals surface area (Å²) in [6.45, 7) is 5.73. The molecule has 1 aliphatic rings. The van der Waals surface area contributed by atoms with Crippen molar-refractivity contribution in [3.63, 3.8) is 0 Å². The molecule has 1 saturated carbocycles. The lowest BCUT2D eigenvalue weighted by atomic mass is 9.76. The van der Waals surface area contributed by atoms with Gasteiger partial charge in [-0.2, -0.15) is 0 Å². The number of halogens is 2. The normalized spacial score (nSPS) is 18.4. The molecule has 3 rings (SSSR count). The average Bonchev–Trinajstić information content (AvgIpc) is 3.05. The van der Waals surface area contributed by atoms with E-state index in [1.165, 1.54) is 4.68 Å². The van der Waals surface area contributed by atoms with Crippen LogP contribution in [0.5, 0.6) is 0 Å². The van der Waals surface area contributed by atoms with Gasteiger partial charge in [-0.1, -0.05) is 28.4 Å². The molecular formula is C21H27Cl2N5O3. The molecule has 8 nitrogen and oxygen atoms in total. The second-order valence-electron chi connectivity index (χ2n) is 8.65. The predicted molar refractivity (Wildman–Crippen MR) is 120 cm³/mol. The maximum atomic E-state index is 12.5. The Balaban J connectivity index is 1.50. The maximum absolute atomic E-state index is 12.5. The van der Waals surface area contributed by atoms with E-state index in [0.29, 0.717) is 28.7 Å². The van der Waals surface area contributed by atoms with Crippen molar-refractivity contribution in [2.75, 3.05) is 11.9 Å². The fraction of sp³-hybridized carbons (Fsp3) is 0.524. The molecule has 1 fully saturated rings. The second-order valence-corrected chi connectivity index (χ2v) is 9.47. The van der Waals surface area contributed by atoms with E-state index in [1.807, 2.05) is 20.8 Å². The summed E-state index contributed by atoms with van der Waals surface area (Å²) in [6.07, 6.45) is 4.69. The van der Waals surface area contributed by atoms with Gasteiger partial charge in [0, 0.05) is 17.5 Å². The van der Waals surface area contributed by atoms with Gasteiger partial charge in [0.05, 0.1) is 24.1 Å². The number of carbonyl (C=O) groups is 2. The largest absolute Gasteiger partial charge is 0.460 e. The summed E-state index contributed by atoms with van der Waals surface area (Å²) in [7, 11) is 0. The maximum Gasteiger partial charge on any atom is 0.306 e. The van der Waals surface area contributed by atoms with Gasteiger partial charge in [-0.25, -0.2) is 4.68 Å². The SMILES string of the molecule is CC(C)(C)OC(=O)CCC1CCC1NCC(=O)Nc1cc(Cl)ccc1-n1cc(Cl)nn1. The fourth-order valence-corrected chi connectivity index (χ4v) is 3.76. The first kappa shape index (κ1) is 23.5. The lowest BCUT2D eigenvalue weighted by Crippen LogP contribution is -2.47. The zero-order chi connectivity index (χ0) is 22.6. The second kappa shape index (κ2) is 9.97. The van der Waals surface area contributed by atoms with E-state index in [0.717, 1.165) is 19.3 Å². The van der Waals surface area contributed by atoms with E-state index in [-0.39, 0.29) is 29.6 Å². The number of aromatic nitrogens is 3. The molecule has 168 valence electrons. The molecule has 0 saturated heterocycles. The summed E-state index contributed by atoms with van der Waals surface area (Å²) >= 11 is 11.9. The highest BCUT2D eigenvalue weighted by molar-refractivity contribution is 6.31. The van der Waals surface area contributed by atoms with Crippen LogP contribution < -0.4 is 10.6 Å². The van der Waals surface area contributed by atoms with Crippen LogP contribution in [0.4, 0.5) is 5.69 Å². The third kappa shape index (κ3) is 6.92.